The van der Waals surface area contributed by atoms with E-state index < -0.39 is 30.3 Å². The van der Waals surface area contributed by atoms with E-state index in [-0.39, 0.29) is 24.0 Å². The molecule has 6 rings (SSSR count). The summed E-state index contributed by atoms with van der Waals surface area (Å²) in [6.07, 6.45) is 6.54. The van der Waals surface area contributed by atoms with E-state index in [1.807, 2.05) is 24.5 Å². The van der Waals surface area contributed by atoms with Gasteiger partial charge in [-0.1, -0.05) is 12.1 Å². The molecular formula is C27H39I6N6O7S3-. The summed E-state index contributed by atoms with van der Waals surface area (Å²) in [6, 6.07) is 16.8. The van der Waals surface area contributed by atoms with Gasteiger partial charge in [0.2, 0.25) is 10.0 Å². The molecule has 49 heavy (non-hydrogen) atoms. The van der Waals surface area contributed by atoms with Crippen molar-refractivity contribution < 1.29 is 42.1 Å². The van der Waals surface area contributed by atoms with Crippen LogP contribution in [-0.2, 0) is 33.9 Å². The molecular weight excluding hydrogens is 1380 g/mol. The maximum atomic E-state index is 11.5. The van der Waals surface area contributed by atoms with E-state index in [4.69, 9.17) is 0 Å². The summed E-state index contributed by atoms with van der Waals surface area (Å²) in [5, 5.41) is 5.90. The topological polar surface area (TPSA) is 165 Å². The minimum atomic E-state index is -3.87. The first-order valence-electron chi connectivity index (χ1n) is 14.0. The zero-order valence-corrected chi connectivity index (χ0v) is 42.2. The van der Waals surface area contributed by atoms with Crippen molar-refractivity contribution in [2.45, 2.75) is 0 Å². The predicted molar refractivity (Wildman–Crippen MR) is 243 cm³/mol. The zero-order valence-electron chi connectivity index (χ0n) is 26.7. The Morgan fingerprint density at radius 2 is 1.04 bits per heavy atom. The van der Waals surface area contributed by atoms with Gasteiger partial charge in [0.05, 0.1) is 18.8 Å². The fraction of sp³-hybridized carbons (Fsp3) is 0.407. The molecule has 3 N–H and O–H groups in total. The van der Waals surface area contributed by atoms with Gasteiger partial charge in [-0.3, -0.25) is 0 Å². The van der Waals surface area contributed by atoms with E-state index >= 15 is 0 Å². The molecule has 280 valence electrons. The molecule has 2 fully saturated rings. The molecule has 0 atom stereocenters. The molecule has 22 heteroatoms. The monoisotopic (exact) mass is 1420 g/mol. The minimum Gasteiger partial charge on any atom is -0.368 e. The number of halogens is 6. The van der Waals surface area contributed by atoms with Crippen molar-refractivity contribution in [2.24, 2.45) is 0 Å². The van der Waals surface area contributed by atoms with Crippen LogP contribution in [0, 0.1) is 0 Å². The smallest absolute Gasteiger partial charge is 0.0474 e. The second-order valence-electron chi connectivity index (χ2n) is 10.3. The van der Waals surface area contributed by atoms with Crippen LogP contribution < -0.4 is 28.4 Å². The molecule has 2 saturated heterocycles. The molecule has 2 aromatic heterocycles. The number of aromatic amines is 2. The molecule has 0 amide bonds. The van der Waals surface area contributed by atoms with Crippen molar-refractivity contribution in [3.05, 3.63) is 60.9 Å². The first-order valence-corrected chi connectivity index (χ1v) is 38.4. The number of hydrogen-bond acceptors (Lipinski definition) is 10. The number of nitrogens with one attached hydrogen (secondary N) is 3. The van der Waals surface area contributed by atoms with Crippen molar-refractivity contribution in [1.29, 1.82) is 0 Å². The number of H-pyrrole nitrogens is 2. The molecule has 4 heterocycles. The summed E-state index contributed by atoms with van der Waals surface area (Å²) in [4.78, 5) is 11.2. The average Bonchev–Trinajstić information content (AvgIpc) is 3.71. The Kier molecular flexibility index (Phi) is 23.5. The predicted octanol–water partition coefficient (Wildman–Crippen LogP) is 2.91. The largest absolute Gasteiger partial charge is 0.368 e. The van der Waals surface area contributed by atoms with Gasteiger partial charge in [0.15, 0.2) is 0 Å². The van der Waals surface area contributed by atoms with Crippen LogP contribution in [0.25, 0.3) is 21.8 Å². The Hall–Kier alpha value is 1.23. The van der Waals surface area contributed by atoms with Crippen molar-refractivity contribution in [3.8, 4) is 0 Å². The van der Waals surface area contributed by atoms with Crippen LogP contribution >= 0.6 is 98.4 Å². The summed E-state index contributed by atoms with van der Waals surface area (Å²) in [7, 11) is -10.8. The normalized spacial score (nSPS) is 15.3. The maximum absolute atomic E-state index is 11.5. The molecule has 0 saturated carbocycles. The van der Waals surface area contributed by atoms with Gasteiger partial charge in [-0.05, 0) is 36.4 Å². The van der Waals surface area contributed by atoms with Crippen LogP contribution in [0.15, 0.2) is 60.9 Å². The van der Waals surface area contributed by atoms with Crippen molar-refractivity contribution in [3.63, 3.8) is 0 Å². The first kappa shape index (κ1) is 48.2. The van der Waals surface area contributed by atoms with Crippen LogP contribution in [0.3, 0.4) is 0 Å². The number of sulfonamides is 1. The number of benzene rings is 2. The number of piperazine rings is 2. The van der Waals surface area contributed by atoms with Gasteiger partial charge in [-0.25, -0.2) is 8.42 Å². The van der Waals surface area contributed by atoms with Crippen LogP contribution in [0.4, 0.5) is 11.4 Å². The van der Waals surface area contributed by atoms with Crippen LogP contribution in [-0.4, -0.2) is 111 Å². The molecule has 0 aliphatic carbocycles. The molecule has 13 nitrogen and oxygen atoms in total. The molecule has 0 bridgehead atoms. The first-order chi connectivity index (χ1) is 22.6. The van der Waals surface area contributed by atoms with Gasteiger partial charge in [-0.15, -0.1) is 27.6 Å². The van der Waals surface area contributed by atoms with Gasteiger partial charge >= 0.3 is 50.5 Å². The Morgan fingerprint density at radius 1 is 0.653 bits per heavy atom. The number of fused-ring (bicyclic) bond motifs is 2. The minimum absolute atomic E-state index is 0. The zero-order chi connectivity index (χ0) is 36.0. The quantitative estimate of drug-likeness (QED) is 0.254. The van der Waals surface area contributed by atoms with Gasteiger partial charge in [0.25, 0.3) is 20.2 Å². The van der Waals surface area contributed by atoms with Gasteiger partial charge in [0, 0.05) is 135 Å². The summed E-state index contributed by atoms with van der Waals surface area (Å²) in [5.74, 6) is 0. The summed E-state index contributed by atoms with van der Waals surface area (Å²) < 4.78 is 68.3. The number of nitrogens with zero attached hydrogens (tertiary/aromatic N) is 3. The molecule has 4 aromatic rings. The van der Waals surface area contributed by atoms with Crippen molar-refractivity contribution in [1.82, 2.24) is 19.6 Å². The van der Waals surface area contributed by atoms with E-state index in [1.165, 1.54) is 33.9 Å². The van der Waals surface area contributed by atoms with Crippen LogP contribution in [0.1, 0.15) is 0 Å². The third kappa shape index (κ3) is 17.5. The van der Waals surface area contributed by atoms with E-state index in [0.29, 0.717) is 38.9 Å². The fourth-order valence-electron chi connectivity index (χ4n) is 5.08. The number of rotatable bonds is 5. The van der Waals surface area contributed by atoms with E-state index in [0.717, 1.165) is 44.8 Å². The Balaban J connectivity index is 0.000000359. The standard InChI is InChI=1S/C13H17N3O2S.C12H15N3.C2H6O5S2.I3.I2.HI/c1-19(17,18)16-9-7-15(8-10-16)13-4-2-3-12-11(13)5-6-14-12;1-2-11-10(4-5-14-11)12(3-1)15-8-6-13-7-9-15;1-8(3,4)7-9(2,5)6;1-3-2;1-2;/h2-6,14H,7-10H2,1H3;1-5,13-14H,6-9H2;1-2H3;;;1H/q;;;-1;;. The fourth-order valence-corrected chi connectivity index (χ4v) is 7.70. The third-order valence-electron chi connectivity index (χ3n) is 6.90. The van der Waals surface area contributed by atoms with Gasteiger partial charge in [-0.2, -0.15) is 21.1 Å². The maximum Gasteiger partial charge on any atom is 0.0474 e. The van der Waals surface area contributed by atoms with E-state index in [2.05, 4.69) is 140 Å². The summed E-state index contributed by atoms with van der Waals surface area (Å²) in [5.41, 5.74) is 4.87. The molecule has 0 radical (unpaired) electrons. The molecule has 0 spiro atoms. The molecule has 0 unspecified atom stereocenters. The van der Waals surface area contributed by atoms with Gasteiger partial charge < -0.3 is 25.1 Å². The number of aromatic nitrogens is 2. The average molecular weight is 1420 g/mol. The SMILES string of the molecule is CS(=O)(=O)N1CCN(c2cccc3[nH]ccc23)CC1.CS(=O)(=O)OS(C)(=O)=O.I.II.I[I-]I.c1cc(N2CCNCC2)c2cc[nH]c2c1. The Morgan fingerprint density at radius 3 is 1.39 bits per heavy atom. The summed E-state index contributed by atoms with van der Waals surface area (Å²) in [6.45, 7) is 6.95. The Bertz CT molecular complexity index is 1850. The van der Waals surface area contributed by atoms with Crippen molar-refractivity contribution in [2.75, 3.05) is 80.9 Å². The summed E-state index contributed by atoms with van der Waals surface area (Å²) >= 11 is 9.54. The van der Waals surface area contributed by atoms with E-state index in [9.17, 15) is 25.3 Å². The second-order valence-corrected chi connectivity index (χ2v) is 31.9. The molecule has 2 aliphatic heterocycles. The van der Waals surface area contributed by atoms with Crippen LogP contribution in [0.5, 0.6) is 0 Å². The van der Waals surface area contributed by atoms with Crippen LogP contribution in [0.2, 0.25) is 0 Å². The molecule has 2 aliphatic rings. The van der Waals surface area contributed by atoms with Gasteiger partial charge in [0.1, 0.15) is 0 Å². The number of anilines is 2. The Labute approximate surface area is 359 Å². The third-order valence-corrected chi connectivity index (χ3v) is 10.2. The number of hydrogen-bond donors (Lipinski definition) is 3. The van der Waals surface area contributed by atoms with Crippen molar-refractivity contribution >= 4 is 162 Å². The molecule has 2 aromatic carbocycles. The van der Waals surface area contributed by atoms with E-state index in [1.54, 1.807) is 4.31 Å². The second kappa shape index (κ2) is 23.9.